The third-order valence-electron chi connectivity index (χ3n) is 5.11. The van der Waals surface area contributed by atoms with Crippen LogP contribution in [-0.2, 0) is 17.6 Å². The van der Waals surface area contributed by atoms with Crippen LogP contribution in [0.4, 0.5) is 5.82 Å². The van der Waals surface area contributed by atoms with Crippen molar-refractivity contribution in [2.45, 2.75) is 33.6 Å². The number of benzene rings is 1. The number of anilines is 1. The second-order valence-electron chi connectivity index (χ2n) is 7.41. The van der Waals surface area contributed by atoms with Gasteiger partial charge in [-0.05, 0) is 49.4 Å². The van der Waals surface area contributed by atoms with Crippen molar-refractivity contribution in [2.24, 2.45) is 0 Å². The van der Waals surface area contributed by atoms with Crippen molar-refractivity contribution in [3.63, 3.8) is 0 Å². The number of ether oxygens (including phenoxy) is 1. The number of aromatic amines is 1. The first-order valence-electron chi connectivity index (χ1n) is 10.7. The molecule has 0 aliphatic rings. The van der Waals surface area contributed by atoms with E-state index >= 15 is 0 Å². The van der Waals surface area contributed by atoms with Crippen LogP contribution in [0.25, 0.3) is 16.5 Å². The van der Waals surface area contributed by atoms with Crippen molar-refractivity contribution >= 4 is 23.1 Å². The molecule has 0 spiro atoms. The van der Waals surface area contributed by atoms with Gasteiger partial charge in [0.25, 0.3) is 5.56 Å². The molecule has 9 heteroatoms. The fourth-order valence-corrected chi connectivity index (χ4v) is 4.21. The Bertz CT molecular complexity index is 1310. The van der Waals surface area contributed by atoms with Crippen LogP contribution in [0.15, 0.2) is 52.6 Å². The zero-order valence-electron chi connectivity index (χ0n) is 18.7. The number of nitrogens with one attached hydrogen (secondary N) is 2. The lowest BCUT2D eigenvalue weighted by Crippen LogP contribution is -2.22. The maximum absolute atomic E-state index is 12.8. The van der Waals surface area contributed by atoms with Crippen LogP contribution in [0.2, 0.25) is 0 Å². The van der Waals surface area contributed by atoms with Gasteiger partial charge in [0.05, 0.1) is 17.9 Å². The normalized spacial score (nSPS) is 10.9. The molecule has 0 radical (unpaired) electrons. The first-order valence-corrected chi connectivity index (χ1v) is 11.6. The minimum atomic E-state index is -0.208. The van der Waals surface area contributed by atoms with E-state index in [0.717, 1.165) is 16.2 Å². The summed E-state index contributed by atoms with van der Waals surface area (Å²) in [7, 11) is 0. The number of carbonyl (C=O) groups is 1. The molecule has 0 saturated heterocycles. The summed E-state index contributed by atoms with van der Waals surface area (Å²) in [6, 6.07) is 13.1. The van der Waals surface area contributed by atoms with Gasteiger partial charge < -0.3 is 10.1 Å². The molecule has 0 unspecified atom stereocenters. The quantitative estimate of drug-likeness (QED) is 0.409. The highest BCUT2D eigenvalue weighted by molar-refractivity contribution is 7.13. The van der Waals surface area contributed by atoms with Gasteiger partial charge in [0.1, 0.15) is 17.3 Å². The molecule has 3 heterocycles. The zero-order valence-corrected chi connectivity index (χ0v) is 19.5. The molecule has 3 aromatic heterocycles. The minimum absolute atomic E-state index is 0.184. The summed E-state index contributed by atoms with van der Waals surface area (Å²) >= 11 is 1.54. The predicted molar refractivity (Wildman–Crippen MR) is 129 cm³/mol. The molecule has 33 heavy (non-hydrogen) atoms. The van der Waals surface area contributed by atoms with Crippen molar-refractivity contribution in [1.82, 2.24) is 19.7 Å². The number of H-pyrrole nitrogens is 1. The van der Waals surface area contributed by atoms with E-state index in [1.807, 2.05) is 55.6 Å². The molecule has 0 bridgehead atoms. The lowest BCUT2D eigenvalue weighted by molar-refractivity contribution is -0.115. The molecule has 2 N–H and O–H groups in total. The van der Waals surface area contributed by atoms with Crippen molar-refractivity contribution < 1.29 is 9.53 Å². The molecule has 4 aromatic rings. The Morgan fingerprint density at radius 3 is 2.64 bits per heavy atom. The van der Waals surface area contributed by atoms with Gasteiger partial charge in [-0.1, -0.05) is 25.1 Å². The molecule has 170 valence electrons. The Kier molecular flexibility index (Phi) is 6.69. The molecule has 0 atom stereocenters. The zero-order chi connectivity index (χ0) is 23.4. The fourth-order valence-electron chi connectivity index (χ4n) is 3.53. The van der Waals surface area contributed by atoms with Gasteiger partial charge in [0, 0.05) is 17.3 Å². The van der Waals surface area contributed by atoms with E-state index in [1.54, 1.807) is 13.0 Å². The SMILES string of the molecule is CCOc1ccc(CC(=O)Nc2cc(-c3cccs3)nn2-c2nc(C)c(CC)c(=O)[nH]2)cc1. The summed E-state index contributed by atoms with van der Waals surface area (Å²) in [5.41, 5.74) is 2.60. The third kappa shape index (κ3) is 5.04. The lowest BCUT2D eigenvalue weighted by atomic mass is 10.1. The summed E-state index contributed by atoms with van der Waals surface area (Å²) in [6.07, 6.45) is 0.767. The van der Waals surface area contributed by atoms with Crippen molar-refractivity contribution in [3.05, 3.63) is 75.0 Å². The van der Waals surface area contributed by atoms with Crippen molar-refractivity contribution in [2.75, 3.05) is 11.9 Å². The monoisotopic (exact) mass is 463 g/mol. The Balaban J connectivity index is 1.64. The maximum Gasteiger partial charge on any atom is 0.255 e. The lowest BCUT2D eigenvalue weighted by Gasteiger charge is -2.10. The smallest absolute Gasteiger partial charge is 0.255 e. The van der Waals surface area contributed by atoms with Crippen molar-refractivity contribution in [3.8, 4) is 22.3 Å². The average molecular weight is 464 g/mol. The molecule has 0 fully saturated rings. The standard InChI is InChI=1S/C24H25N5O3S/c1-4-18-15(3)25-24(27-23(18)31)29-21(14-19(28-29)20-7-6-12-33-20)26-22(30)13-16-8-10-17(11-9-16)32-5-2/h6-12,14H,4-5,13H2,1-3H3,(H,26,30)(H,25,27,31). The molecular formula is C24H25N5O3S. The first-order chi connectivity index (χ1) is 16.0. The van der Waals surface area contributed by atoms with E-state index in [0.29, 0.717) is 35.8 Å². The third-order valence-corrected chi connectivity index (χ3v) is 6.01. The van der Waals surface area contributed by atoms with Gasteiger partial charge >= 0.3 is 0 Å². The molecule has 0 aliphatic carbocycles. The average Bonchev–Trinajstić information content (AvgIpc) is 3.45. The largest absolute Gasteiger partial charge is 0.494 e. The Morgan fingerprint density at radius 1 is 1.21 bits per heavy atom. The van der Waals surface area contributed by atoms with Crippen LogP contribution in [0.3, 0.4) is 0 Å². The van der Waals surface area contributed by atoms with Crippen LogP contribution >= 0.6 is 11.3 Å². The second kappa shape index (κ2) is 9.83. The number of rotatable bonds is 8. The number of amides is 1. The van der Waals surface area contributed by atoms with Crippen LogP contribution < -0.4 is 15.6 Å². The van der Waals surface area contributed by atoms with Gasteiger partial charge in [-0.25, -0.2) is 4.98 Å². The van der Waals surface area contributed by atoms with Crippen molar-refractivity contribution in [1.29, 1.82) is 0 Å². The van der Waals surface area contributed by atoms with Gasteiger partial charge in [-0.15, -0.1) is 11.3 Å². The summed E-state index contributed by atoms with van der Waals surface area (Å²) in [5, 5.41) is 9.49. The Hall–Kier alpha value is -3.72. The first kappa shape index (κ1) is 22.5. The molecule has 0 saturated carbocycles. The van der Waals surface area contributed by atoms with Crippen LogP contribution in [0.1, 0.15) is 30.7 Å². The van der Waals surface area contributed by atoms with Gasteiger partial charge in [0.2, 0.25) is 11.9 Å². The highest BCUT2D eigenvalue weighted by Crippen LogP contribution is 2.27. The fraction of sp³-hybridized carbons (Fsp3) is 0.250. The maximum atomic E-state index is 12.8. The van der Waals surface area contributed by atoms with E-state index in [9.17, 15) is 9.59 Å². The molecule has 1 amide bonds. The number of aryl methyl sites for hydroxylation is 1. The topological polar surface area (TPSA) is 102 Å². The molecule has 8 nitrogen and oxygen atoms in total. The number of hydrogen-bond acceptors (Lipinski definition) is 6. The van der Waals surface area contributed by atoms with Crippen LogP contribution in [0, 0.1) is 6.92 Å². The number of aromatic nitrogens is 4. The number of thiophene rings is 1. The summed E-state index contributed by atoms with van der Waals surface area (Å²) < 4.78 is 6.92. The molecule has 0 aliphatic heterocycles. The van der Waals surface area contributed by atoms with Gasteiger partial charge in [0.15, 0.2) is 0 Å². The Labute approximate surface area is 195 Å². The van der Waals surface area contributed by atoms with Crippen LogP contribution in [-0.4, -0.2) is 32.3 Å². The summed E-state index contributed by atoms with van der Waals surface area (Å²) in [5.74, 6) is 1.25. The highest BCUT2D eigenvalue weighted by atomic mass is 32.1. The highest BCUT2D eigenvalue weighted by Gasteiger charge is 2.17. The number of carbonyl (C=O) groups excluding carboxylic acids is 1. The van der Waals surface area contributed by atoms with E-state index in [-0.39, 0.29) is 23.8 Å². The van der Waals surface area contributed by atoms with Gasteiger partial charge in [-0.2, -0.15) is 9.78 Å². The second-order valence-corrected chi connectivity index (χ2v) is 8.36. The van der Waals surface area contributed by atoms with E-state index in [1.165, 1.54) is 16.0 Å². The van der Waals surface area contributed by atoms with E-state index in [4.69, 9.17) is 4.74 Å². The number of hydrogen-bond donors (Lipinski definition) is 2. The van der Waals surface area contributed by atoms with Crippen LogP contribution in [0.5, 0.6) is 5.75 Å². The van der Waals surface area contributed by atoms with E-state index in [2.05, 4.69) is 20.4 Å². The summed E-state index contributed by atoms with van der Waals surface area (Å²) in [6.45, 7) is 6.22. The molecule has 1 aromatic carbocycles. The predicted octanol–water partition coefficient (Wildman–Crippen LogP) is 4.13. The number of nitrogens with zero attached hydrogens (tertiary/aromatic N) is 3. The molecular weight excluding hydrogens is 438 g/mol. The Morgan fingerprint density at radius 2 is 2.00 bits per heavy atom. The summed E-state index contributed by atoms with van der Waals surface area (Å²) in [4.78, 5) is 33.6. The van der Waals surface area contributed by atoms with E-state index < -0.39 is 0 Å². The molecule has 4 rings (SSSR count). The minimum Gasteiger partial charge on any atom is -0.494 e. The van der Waals surface area contributed by atoms with Gasteiger partial charge in [-0.3, -0.25) is 14.6 Å².